The van der Waals surface area contributed by atoms with Crippen LogP contribution in [-0.2, 0) is 19.6 Å². The summed E-state index contributed by atoms with van der Waals surface area (Å²) in [7, 11) is -0.955. The Labute approximate surface area is 201 Å². The summed E-state index contributed by atoms with van der Waals surface area (Å²) in [5, 5.41) is 5.01. The first-order chi connectivity index (χ1) is 16.1. The monoisotopic (exact) mass is 494 g/mol. The molecular weight excluding hydrogens is 460 g/mol. The highest BCUT2D eigenvalue weighted by atomic mass is 32.2. The van der Waals surface area contributed by atoms with Crippen molar-refractivity contribution in [2.24, 2.45) is 0 Å². The molecule has 2 N–H and O–H groups in total. The molecular formula is C23H34N4O6S. The van der Waals surface area contributed by atoms with Gasteiger partial charge in [-0.25, -0.2) is 22.3 Å². The summed E-state index contributed by atoms with van der Waals surface area (Å²) in [5.41, 5.74) is 0.624. The lowest BCUT2D eigenvalue weighted by Gasteiger charge is -2.24. The lowest BCUT2D eigenvalue weighted by Crippen LogP contribution is -2.48. The molecule has 1 atom stereocenters. The second-order valence-electron chi connectivity index (χ2n) is 9.01. The van der Waals surface area contributed by atoms with Gasteiger partial charge < -0.3 is 15.0 Å². The number of nitrogens with zero attached hydrogens (tertiary/aromatic N) is 2. The van der Waals surface area contributed by atoms with Crippen LogP contribution in [0, 0.1) is 0 Å². The Morgan fingerprint density at radius 1 is 1.06 bits per heavy atom. The zero-order valence-electron chi connectivity index (χ0n) is 20.0. The highest BCUT2D eigenvalue weighted by molar-refractivity contribution is 7.89. The second-order valence-corrected chi connectivity index (χ2v) is 11.2. The van der Waals surface area contributed by atoms with Crippen LogP contribution in [0.3, 0.4) is 0 Å². The fraction of sp³-hybridized carbons (Fsp3) is 0.609. The molecule has 3 rings (SSSR count). The fourth-order valence-electron chi connectivity index (χ4n) is 4.24. The molecule has 11 heteroatoms. The third-order valence-electron chi connectivity index (χ3n) is 6.24. The number of urea groups is 1. The molecule has 1 aromatic carbocycles. The lowest BCUT2D eigenvalue weighted by molar-refractivity contribution is -0.127. The minimum Gasteiger partial charge on any atom is -0.449 e. The Bertz CT molecular complexity index is 1010. The lowest BCUT2D eigenvalue weighted by atomic mass is 9.96. The number of ether oxygens (including phenoxy) is 1. The van der Waals surface area contributed by atoms with Crippen LogP contribution in [0.5, 0.6) is 0 Å². The smallest absolute Gasteiger partial charge is 0.341 e. The van der Waals surface area contributed by atoms with Gasteiger partial charge >= 0.3 is 12.0 Å². The Kier molecular flexibility index (Phi) is 8.53. The largest absolute Gasteiger partial charge is 0.449 e. The normalized spacial score (nSPS) is 17.9. The third kappa shape index (κ3) is 6.26. The first-order valence-corrected chi connectivity index (χ1v) is 13.2. The summed E-state index contributed by atoms with van der Waals surface area (Å²) >= 11 is 0. The molecule has 2 fully saturated rings. The topological polar surface area (TPSA) is 125 Å². The molecule has 1 saturated carbocycles. The van der Waals surface area contributed by atoms with Crippen LogP contribution in [0.25, 0.3) is 0 Å². The molecule has 0 radical (unpaired) electrons. The van der Waals surface area contributed by atoms with Gasteiger partial charge in [0, 0.05) is 33.2 Å². The van der Waals surface area contributed by atoms with Crippen molar-refractivity contribution in [2.45, 2.75) is 68.9 Å². The summed E-state index contributed by atoms with van der Waals surface area (Å²) in [4.78, 5) is 39.6. The highest BCUT2D eigenvalue weighted by Crippen LogP contribution is 2.29. The summed E-state index contributed by atoms with van der Waals surface area (Å²) in [6, 6.07) is 3.76. The third-order valence-corrected chi connectivity index (χ3v) is 8.05. The summed E-state index contributed by atoms with van der Waals surface area (Å²) in [6.07, 6.45) is 5.63. The number of carbonyl (C=O) groups excluding carboxylic acids is 3. The van der Waals surface area contributed by atoms with E-state index in [0.717, 1.165) is 62.3 Å². The minimum absolute atomic E-state index is 0.0313. The molecule has 1 aromatic rings. The first kappa shape index (κ1) is 26.0. The zero-order chi connectivity index (χ0) is 24.9. The molecule has 1 aliphatic heterocycles. The summed E-state index contributed by atoms with van der Waals surface area (Å²) in [6.45, 7) is 2.84. The molecule has 10 nitrogen and oxygen atoms in total. The summed E-state index contributed by atoms with van der Waals surface area (Å²) in [5.74, 6) is -1.57. The molecule has 3 amide bonds. The van der Waals surface area contributed by atoms with Crippen LogP contribution >= 0.6 is 0 Å². The van der Waals surface area contributed by atoms with Crippen molar-refractivity contribution in [1.29, 1.82) is 0 Å². The number of sulfonamides is 1. The van der Waals surface area contributed by atoms with Crippen molar-refractivity contribution in [3.8, 4) is 0 Å². The van der Waals surface area contributed by atoms with Gasteiger partial charge in [0.05, 0.1) is 16.1 Å². The molecule has 2 aliphatic rings. The van der Waals surface area contributed by atoms with Gasteiger partial charge in [-0.3, -0.25) is 10.1 Å². The van der Waals surface area contributed by atoms with Crippen molar-refractivity contribution >= 4 is 33.6 Å². The SMILES string of the molecule is CC(OC(=O)c1cc(S(=O)(=O)N(C)C)ccc1N1CCCC1)C(=O)NC(=O)NC1CCCCC1. The van der Waals surface area contributed by atoms with Crippen molar-refractivity contribution in [3.63, 3.8) is 0 Å². The molecule has 1 aliphatic carbocycles. The van der Waals surface area contributed by atoms with Crippen LogP contribution in [0.2, 0.25) is 0 Å². The summed E-state index contributed by atoms with van der Waals surface area (Å²) < 4.78 is 31.6. The Hall–Kier alpha value is -2.66. The Balaban J connectivity index is 1.72. The maximum Gasteiger partial charge on any atom is 0.341 e. The van der Waals surface area contributed by atoms with Gasteiger partial charge in [-0.2, -0.15) is 0 Å². The van der Waals surface area contributed by atoms with E-state index in [1.807, 2.05) is 4.90 Å². The average molecular weight is 495 g/mol. The van der Waals surface area contributed by atoms with Gasteiger partial charge in [-0.05, 0) is 50.8 Å². The quantitative estimate of drug-likeness (QED) is 0.557. The predicted molar refractivity (Wildman–Crippen MR) is 127 cm³/mol. The van der Waals surface area contributed by atoms with Crippen molar-refractivity contribution < 1.29 is 27.5 Å². The maximum absolute atomic E-state index is 13.1. The van der Waals surface area contributed by atoms with E-state index in [9.17, 15) is 22.8 Å². The highest BCUT2D eigenvalue weighted by Gasteiger charge is 2.28. The van der Waals surface area contributed by atoms with Crippen LogP contribution < -0.4 is 15.5 Å². The number of benzene rings is 1. The standard InChI is InChI=1S/C23H34N4O6S/c1-16(21(28)25-23(30)24-17-9-5-4-6-10-17)33-22(29)19-15-18(34(31,32)26(2)3)11-12-20(19)27-13-7-8-14-27/h11-12,15-17H,4-10,13-14H2,1-3H3,(H2,24,25,28,30). The minimum atomic E-state index is -3.77. The molecule has 34 heavy (non-hydrogen) atoms. The van der Waals surface area contributed by atoms with Crippen LogP contribution in [0.1, 0.15) is 62.2 Å². The number of nitrogens with one attached hydrogen (secondary N) is 2. The van der Waals surface area contributed by atoms with E-state index in [-0.39, 0.29) is 16.5 Å². The Morgan fingerprint density at radius 3 is 2.32 bits per heavy atom. The van der Waals surface area contributed by atoms with Crippen molar-refractivity contribution in [1.82, 2.24) is 14.9 Å². The van der Waals surface area contributed by atoms with Gasteiger partial charge in [0.2, 0.25) is 10.0 Å². The molecule has 0 aromatic heterocycles. The number of anilines is 1. The molecule has 1 unspecified atom stereocenters. The van der Waals surface area contributed by atoms with E-state index in [0.29, 0.717) is 5.69 Å². The van der Waals surface area contributed by atoms with Gasteiger partial charge in [-0.15, -0.1) is 0 Å². The first-order valence-electron chi connectivity index (χ1n) is 11.7. The van der Waals surface area contributed by atoms with E-state index < -0.39 is 34.0 Å². The van der Waals surface area contributed by atoms with E-state index >= 15 is 0 Å². The predicted octanol–water partition coefficient (Wildman–Crippen LogP) is 2.24. The molecule has 1 saturated heterocycles. The number of hydrogen-bond acceptors (Lipinski definition) is 7. The van der Waals surface area contributed by atoms with Crippen molar-refractivity contribution in [2.75, 3.05) is 32.1 Å². The van der Waals surface area contributed by atoms with Crippen LogP contribution in [-0.4, -0.2) is 70.0 Å². The van der Waals surface area contributed by atoms with Crippen LogP contribution in [0.4, 0.5) is 10.5 Å². The van der Waals surface area contributed by atoms with Crippen molar-refractivity contribution in [3.05, 3.63) is 23.8 Å². The number of carbonyl (C=O) groups is 3. The molecule has 0 spiro atoms. The molecule has 1 heterocycles. The van der Waals surface area contributed by atoms with E-state index in [2.05, 4.69) is 10.6 Å². The number of esters is 1. The number of amides is 3. The maximum atomic E-state index is 13.1. The van der Waals surface area contributed by atoms with Gasteiger partial charge in [0.15, 0.2) is 6.10 Å². The molecule has 188 valence electrons. The number of rotatable bonds is 7. The van der Waals surface area contributed by atoms with Gasteiger partial charge in [-0.1, -0.05) is 19.3 Å². The van der Waals surface area contributed by atoms with Gasteiger partial charge in [0.25, 0.3) is 5.91 Å². The van der Waals surface area contributed by atoms with E-state index in [1.165, 1.54) is 33.2 Å². The average Bonchev–Trinajstić information content (AvgIpc) is 3.33. The zero-order valence-corrected chi connectivity index (χ0v) is 20.8. The van der Waals surface area contributed by atoms with Gasteiger partial charge in [0.1, 0.15) is 0 Å². The molecule has 0 bridgehead atoms. The van der Waals surface area contributed by atoms with E-state index in [4.69, 9.17) is 4.74 Å². The van der Waals surface area contributed by atoms with Crippen LogP contribution in [0.15, 0.2) is 23.1 Å². The van der Waals surface area contributed by atoms with E-state index in [1.54, 1.807) is 6.07 Å². The Morgan fingerprint density at radius 2 is 1.71 bits per heavy atom. The number of hydrogen-bond donors (Lipinski definition) is 2. The second kappa shape index (κ2) is 11.2. The fourth-order valence-corrected chi connectivity index (χ4v) is 5.17. The number of imide groups is 1.